The standard InChI is InChI=1S/C51H88O6/c1-4-7-10-13-16-19-22-24-25-26-28-29-32-35-38-41-44-50(53)56-47-48(46-55-49(52)43-40-37-34-31-21-18-15-12-9-6-3)57-51(54)45-42-39-36-33-30-27-23-20-17-14-11-8-5-2/h7,10,16,19,24-25,27-30,48H,4-6,8-9,11-15,17-18,20-23,26,31-47H2,1-3H3/b10-7-,19-16-,25-24-,29-28-,30-27-. The Labute approximate surface area is 351 Å². The average molecular weight is 797 g/mol. The molecular formula is C51H88O6. The predicted molar refractivity (Wildman–Crippen MR) is 242 cm³/mol. The maximum absolute atomic E-state index is 12.7. The summed E-state index contributed by atoms with van der Waals surface area (Å²) < 4.78 is 16.7. The van der Waals surface area contributed by atoms with Gasteiger partial charge in [-0.25, -0.2) is 0 Å². The monoisotopic (exact) mass is 797 g/mol. The Morgan fingerprint density at radius 2 is 0.684 bits per heavy atom. The highest BCUT2D eigenvalue weighted by atomic mass is 16.6. The molecule has 6 heteroatoms. The minimum atomic E-state index is -0.791. The van der Waals surface area contributed by atoms with Crippen LogP contribution in [0.3, 0.4) is 0 Å². The lowest BCUT2D eigenvalue weighted by Crippen LogP contribution is -2.30. The van der Waals surface area contributed by atoms with Gasteiger partial charge in [-0.1, -0.05) is 184 Å². The largest absolute Gasteiger partial charge is 0.462 e. The lowest BCUT2D eigenvalue weighted by Gasteiger charge is -2.18. The van der Waals surface area contributed by atoms with Gasteiger partial charge in [0.25, 0.3) is 0 Å². The first-order valence-electron chi connectivity index (χ1n) is 23.8. The van der Waals surface area contributed by atoms with Crippen molar-refractivity contribution >= 4 is 17.9 Å². The van der Waals surface area contributed by atoms with Gasteiger partial charge in [-0.2, -0.15) is 0 Å². The van der Waals surface area contributed by atoms with Gasteiger partial charge in [0.1, 0.15) is 13.2 Å². The molecule has 0 rings (SSSR count). The minimum Gasteiger partial charge on any atom is -0.462 e. The third-order valence-electron chi connectivity index (χ3n) is 10.0. The predicted octanol–water partition coefficient (Wildman–Crippen LogP) is 15.3. The number of esters is 3. The van der Waals surface area contributed by atoms with Crippen LogP contribution in [0, 0.1) is 0 Å². The molecule has 0 aliphatic rings. The van der Waals surface area contributed by atoms with Crippen LogP contribution in [-0.4, -0.2) is 37.2 Å². The van der Waals surface area contributed by atoms with Gasteiger partial charge in [0.2, 0.25) is 0 Å². The van der Waals surface area contributed by atoms with Crippen molar-refractivity contribution in [3.63, 3.8) is 0 Å². The summed E-state index contributed by atoms with van der Waals surface area (Å²) in [6.45, 7) is 6.45. The third-order valence-corrected chi connectivity index (χ3v) is 10.0. The molecule has 0 heterocycles. The van der Waals surface area contributed by atoms with Gasteiger partial charge in [-0.05, 0) is 83.5 Å². The zero-order valence-electron chi connectivity index (χ0n) is 37.3. The highest BCUT2D eigenvalue weighted by Crippen LogP contribution is 2.13. The van der Waals surface area contributed by atoms with Gasteiger partial charge in [-0.3, -0.25) is 14.4 Å². The highest BCUT2D eigenvalue weighted by Gasteiger charge is 2.19. The maximum atomic E-state index is 12.7. The second-order valence-corrected chi connectivity index (χ2v) is 15.6. The van der Waals surface area contributed by atoms with Gasteiger partial charge >= 0.3 is 17.9 Å². The Kier molecular flexibility index (Phi) is 43.5. The summed E-state index contributed by atoms with van der Waals surface area (Å²) in [7, 11) is 0. The van der Waals surface area contributed by atoms with Crippen LogP contribution in [0.4, 0.5) is 0 Å². The summed E-state index contributed by atoms with van der Waals surface area (Å²) in [5.41, 5.74) is 0. The number of carbonyl (C=O) groups is 3. The molecule has 0 saturated heterocycles. The van der Waals surface area contributed by atoms with Crippen molar-refractivity contribution in [2.24, 2.45) is 0 Å². The molecule has 1 unspecified atom stereocenters. The van der Waals surface area contributed by atoms with E-state index in [1.165, 1.54) is 83.5 Å². The minimum absolute atomic E-state index is 0.0894. The molecule has 1 atom stereocenters. The van der Waals surface area contributed by atoms with Crippen molar-refractivity contribution in [2.75, 3.05) is 13.2 Å². The van der Waals surface area contributed by atoms with Crippen LogP contribution in [0.2, 0.25) is 0 Å². The number of unbranched alkanes of at least 4 members (excludes halogenated alkanes) is 21. The van der Waals surface area contributed by atoms with Gasteiger partial charge < -0.3 is 14.2 Å². The first kappa shape index (κ1) is 54.1. The van der Waals surface area contributed by atoms with Gasteiger partial charge in [-0.15, -0.1) is 0 Å². The lowest BCUT2D eigenvalue weighted by molar-refractivity contribution is -0.167. The van der Waals surface area contributed by atoms with Crippen LogP contribution in [0.1, 0.15) is 226 Å². The molecule has 6 nitrogen and oxygen atoms in total. The third kappa shape index (κ3) is 44.1. The smallest absolute Gasteiger partial charge is 0.306 e. The van der Waals surface area contributed by atoms with Crippen LogP contribution in [0.25, 0.3) is 0 Å². The summed E-state index contributed by atoms with van der Waals surface area (Å²) in [4.78, 5) is 37.8. The lowest BCUT2D eigenvalue weighted by atomic mass is 10.1. The Hall–Kier alpha value is -2.89. The fourth-order valence-electron chi connectivity index (χ4n) is 6.43. The Morgan fingerprint density at radius 3 is 1.11 bits per heavy atom. The van der Waals surface area contributed by atoms with Crippen molar-refractivity contribution in [2.45, 2.75) is 232 Å². The second-order valence-electron chi connectivity index (χ2n) is 15.6. The van der Waals surface area contributed by atoms with Crippen molar-refractivity contribution in [1.82, 2.24) is 0 Å². The van der Waals surface area contributed by atoms with E-state index in [4.69, 9.17) is 14.2 Å². The maximum Gasteiger partial charge on any atom is 0.306 e. The summed E-state index contributed by atoms with van der Waals surface area (Å²) in [6, 6.07) is 0. The molecule has 0 radical (unpaired) electrons. The zero-order valence-corrected chi connectivity index (χ0v) is 37.3. The topological polar surface area (TPSA) is 78.9 Å². The molecule has 0 aromatic rings. The molecule has 0 bridgehead atoms. The number of hydrogen-bond acceptors (Lipinski definition) is 6. The first-order chi connectivity index (χ1) is 28.0. The van der Waals surface area contributed by atoms with E-state index in [0.717, 1.165) is 103 Å². The zero-order chi connectivity index (χ0) is 41.5. The van der Waals surface area contributed by atoms with Gasteiger partial charge in [0.05, 0.1) is 0 Å². The molecule has 0 N–H and O–H groups in total. The molecule has 0 aromatic carbocycles. The Balaban J connectivity index is 4.44. The highest BCUT2D eigenvalue weighted by molar-refractivity contribution is 5.71. The Bertz CT molecular complexity index is 1050. The first-order valence-corrected chi connectivity index (χ1v) is 23.8. The summed E-state index contributed by atoms with van der Waals surface area (Å²) in [6.07, 6.45) is 54.9. The van der Waals surface area contributed by atoms with Crippen molar-refractivity contribution in [3.05, 3.63) is 60.8 Å². The molecule has 0 fully saturated rings. The Morgan fingerprint density at radius 1 is 0.368 bits per heavy atom. The number of hydrogen-bond donors (Lipinski definition) is 0. The van der Waals surface area contributed by atoms with Crippen molar-refractivity contribution < 1.29 is 28.6 Å². The number of allylic oxidation sites excluding steroid dienone is 10. The van der Waals surface area contributed by atoms with E-state index in [9.17, 15) is 14.4 Å². The SMILES string of the molecule is CC/C=C\C/C=C\C/C=C\C/C=C\CCCCCC(=O)OCC(COC(=O)CCCCCCCCCCCC)OC(=O)CCCCC/C=C\CCCCCCCC. The van der Waals surface area contributed by atoms with Gasteiger partial charge in [0, 0.05) is 19.3 Å². The normalized spacial score (nSPS) is 12.5. The molecule has 57 heavy (non-hydrogen) atoms. The molecular weight excluding hydrogens is 709 g/mol. The molecule has 328 valence electrons. The summed E-state index contributed by atoms with van der Waals surface area (Å²) in [5.74, 6) is -0.940. The molecule has 0 saturated carbocycles. The summed E-state index contributed by atoms with van der Waals surface area (Å²) >= 11 is 0. The number of carbonyl (C=O) groups excluding carboxylic acids is 3. The fourth-order valence-corrected chi connectivity index (χ4v) is 6.43. The molecule has 0 aliphatic carbocycles. The van der Waals surface area contributed by atoms with Crippen LogP contribution < -0.4 is 0 Å². The number of rotatable bonds is 42. The van der Waals surface area contributed by atoms with Crippen LogP contribution in [-0.2, 0) is 28.6 Å². The van der Waals surface area contributed by atoms with Crippen molar-refractivity contribution in [3.8, 4) is 0 Å². The van der Waals surface area contributed by atoms with E-state index in [1.54, 1.807) is 0 Å². The van der Waals surface area contributed by atoms with Crippen LogP contribution >= 0.6 is 0 Å². The molecule has 0 spiro atoms. The fraction of sp³-hybridized carbons (Fsp3) is 0.745. The van der Waals surface area contributed by atoms with E-state index >= 15 is 0 Å². The molecule has 0 amide bonds. The van der Waals surface area contributed by atoms with E-state index in [1.807, 2.05) is 0 Å². The number of ether oxygens (including phenoxy) is 3. The van der Waals surface area contributed by atoms with Crippen LogP contribution in [0.5, 0.6) is 0 Å². The van der Waals surface area contributed by atoms with Gasteiger partial charge in [0.15, 0.2) is 6.10 Å². The second kappa shape index (κ2) is 45.8. The van der Waals surface area contributed by atoms with E-state index in [2.05, 4.69) is 81.5 Å². The quantitative estimate of drug-likeness (QED) is 0.0265. The molecule has 0 aliphatic heterocycles. The van der Waals surface area contributed by atoms with E-state index < -0.39 is 6.10 Å². The van der Waals surface area contributed by atoms with Crippen LogP contribution in [0.15, 0.2) is 60.8 Å². The average Bonchev–Trinajstić information content (AvgIpc) is 3.21. The van der Waals surface area contributed by atoms with E-state index in [0.29, 0.717) is 19.3 Å². The molecule has 0 aromatic heterocycles. The summed E-state index contributed by atoms with van der Waals surface area (Å²) in [5, 5.41) is 0. The van der Waals surface area contributed by atoms with E-state index in [-0.39, 0.29) is 31.1 Å². The van der Waals surface area contributed by atoms with Crippen molar-refractivity contribution in [1.29, 1.82) is 0 Å².